The Kier molecular flexibility index (Phi) is 5.78. The van der Waals surface area contributed by atoms with E-state index in [0.29, 0.717) is 17.5 Å². The van der Waals surface area contributed by atoms with Gasteiger partial charge in [-0.1, -0.05) is 60.7 Å². The van der Waals surface area contributed by atoms with E-state index in [-0.39, 0.29) is 0 Å². The van der Waals surface area contributed by atoms with Gasteiger partial charge in [-0.05, 0) is 64.7 Å². The molecule has 5 nitrogen and oxygen atoms in total. The Morgan fingerprint density at radius 3 is 1.08 bits per heavy atom. The van der Waals surface area contributed by atoms with Crippen LogP contribution in [0.3, 0.4) is 0 Å². The number of rotatable bonds is 5. The Hall–Kier alpha value is -5.03. The molecule has 0 N–H and O–H groups in total. The van der Waals surface area contributed by atoms with E-state index in [1.807, 2.05) is 84.9 Å². The number of aromatic nitrogens is 5. The highest BCUT2D eigenvalue weighted by Gasteiger charge is 2.14. The lowest BCUT2D eigenvalue weighted by molar-refractivity contribution is 1.07. The minimum Gasteiger partial charge on any atom is -0.265 e. The largest absolute Gasteiger partial charge is 0.265 e. The van der Waals surface area contributed by atoms with E-state index in [4.69, 9.17) is 15.0 Å². The first kappa shape index (κ1) is 21.5. The molecule has 0 spiro atoms. The molecule has 0 amide bonds. The highest BCUT2D eigenvalue weighted by molar-refractivity contribution is 5.80. The fourth-order valence-corrected chi connectivity index (χ4v) is 4.12. The molecule has 5 heteroatoms. The molecule has 170 valence electrons. The highest BCUT2D eigenvalue weighted by Crippen LogP contribution is 2.32. The van der Waals surface area contributed by atoms with E-state index in [1.165, 1.54) is 0 Å². The Balaban J connectivity index is 1.58. The van der Waals surface area contributed by atoms with Crippen LogP contribution in [0.1, 0.15) is 0 Å². The zero-order valence-electron chi connectivity index (χ0n) is 19.4. The van der Waals surface area contributed by atoms with E-state index in [2.05, 4.69) is 28.2 Å². The number of pyridine rings is 2. The molecule has 0 fully saturated rings. The molecule has 0 aliphatic rings. The molecule has 0 radical (unpaired) electrons. The van der Waals surface area contributed by atoms with Crippen molar-refractivity contribution < 1.29 is 0 Å². The van der Waals surface area contributed by atoms with Gasteiger partial charge in [0, 0.05) is 41.5 Å². The van der Waals surface area contributed by atoms with Gasteiger partial charge in [0.25, 0.3) is 0 Å². The second-order valence-corrected chi connectivity index (χ2v) is 8.31. The summed E-state index contributed by atoms with van der Waals surface area (Å²) in [4.78, 5) is 23.0. The van der Waals surface area contributed by atoms with Gasteiger partial charge < -0.3 is 0 Å². The second-order valence-electron chi connectivity index (χ2n) is 8.31. The molecule has 6 aromatic rings. The SMILES string of the molecule is c1ccc(-c2nc(-c3ccccc3)nc(-c3cc(-c4ccncc4)cc(-c4ccncc4)c3)n2)cc1. The maximum absolute atomic E-state index is 4.92. The molecule has 0 aliphatic carbocycles. The minimum atomic E-state index is 0.619. The van der Waals surface area contributed by atoms with Gasteiger partial charge in [0.2, 0.25) is 0 Å². The fraction of sp³-hybridized carbons (Fsp3) is 0. The Morgan fingerprint density at radius 1 is 0.306 bits per heavy atom. The maximum atomic E-state index is 4.92. The summed E-state index contributed by atoms with van der Waals surface area (Å²) in [6.45, 7) is 0. The summed E-state index contributed by atoms with van der Waals surface area (Å²) < 4.78 is 0. The van der Waals surface area contributed by atoms with Gasteiger partial charge in [-0.25, -0.2) is 15.0 Å². The van der Waals surface area contributed by atoms with Crippen LogP contribution in [0.2, 0.25) is 0 Å². The van der Waals surface area contributed by atoms with Crippen molar-refractivity contribution >= 4 is 0 Å². The van der Waals surface area contributed by atoms with Crippen molar-refractivity contribution in [3.05, 3.63) is 128 Å². The van der Waals surface area contributed by atoms with Crippen LogP contribution in [0, 0.1) is 0 Å². The summed E-state index contributed by atoms with van der Waals surface area (Å²) in [5.41, 5.74) is 7.06. The fourth-order valence-electron chi connectivity index (χ4n) is 4.12. The number of hydrogen-bond donors (Lipinski definition) is 0. The topological polar surface area (TPSA) is 64.5 Å². The zero-order valence-corrected chi connectivity index (χ0v) is 19.4. The van der Waals surface area contributed by atoms with Crippen molar-refractivity contribution in [3.63, 3.8) is 0 Å². The van der Waals surface area contributed by atoms with E-state index in [9.17, 15) is 0 Å². The molecule has 3 aromatic heterocycles. The number of nitrogens with zero attached hydrogens (tertiary/aromatic N) is 5. The lowest BCUT2D eigenvalue weighted by Gasteiger charge is -2.12. The van der Waals surface area contributed by atoms with E-state index < -0.39 is 0 Å². The third-order valence-corrected chi connectivity index (χ3v) is 5.92. The van der Waals surface area contributed by atoms with Crippen molar-refractivity contribution in [1.82, 2.24) is 24.9 Å². The average molecular weight is 464 g/mol. The summed E-state index contributed by atoms with van der Waals surface area (Å²) in [5, 5.41) is 0. The predicted octanol–water partition coefficient (Wildman–Crippen LogP) is 7.00. The standard InChI is InChI=1S/C31H21N5/c1-3-7-24(8-4-1)29-34-30(25-9-5-2-6-10-25)36-31(35-29)28-20-26(22-11-15-32-16-12-22)19-27(21-28)23-13-17-33-18-14-23/h1-21H. The molecule has 0 atom stereocenters. The van der Waals surface area contributed by atoms with Crippen LogP contribution < -0.4 is 0 Å². The molecule has 0 saturated heterocycles. The van der Waals surface area contributed by atoms with E-state index >= 15 is 0 Å². The molecular weight excluding hydrogens is 442 g/mol. The quantitative estimate of drug-likeness (QED) is 0.275. The zero-order chi connectivity index (χ0) is 24.2. The van der Waals surface area contributed by atoms with Crippen molar-refractivity contribution in [1.29, 1.82) is 0 Å². The first-order valence-electron chi connectivity index (χ1n) is 11.7. The van der Waals surface area contributed by atoms with Gasteiger partial charge >= 0.3 is 0 Å². The van der Waals surface area contributed by atoms with Crippen LogP contribution in [0.15, 0.2) is 128 Å². The van der Waals surface area contributed by atoms with Gasteiger partial charge in [-0.2, -0.15) is 0 Å². The minimum absolute atomic E-state index is 0.619. The van der Waals surface area contributed by atoms with Gasteiger partial charge in [-0.3, -0.25) is 9.97 Å². The van der Waals surface area contributed by atoms with Crippen LogP contribution in [0.4, 0.5) is 0 Å². The molecule has 3 aromatic carbocycles. The lowest BCUT2D eigenvalue weighted by Crippen LogP contribution is -2.00. The van der Waals surface area contributed by atoms with E-state index in [1.54, 1.807) is 24.8 Å². The second kappa shape index (κ2) is 9.68. The Morgan fingerprint density at radius 2 is 0.667 bits per heavy atom. The van der Waals surface area contributed by atoms with Crippen molar-refractivity contribution in [2.75, 3.05) is 0 Å². The summed E-state index contributed by atoms with van der Waals surface area (Å²) in [6.07, 6.45) is 7.21. The normalized spacial score (nSPS) is 10.8. The molecule has 0 bridgehead atoms. The summed E-state index contributed by atoms with van der Waals surface area (Å²) in [6, 6.07) is 34.5. The molecule has 0 unspecified atom stereocenters. The first-order valence-corrected chi connectivity index (χ1v) is 11.7. The molecule has 3 heterocycles. The van der Waals surface area contributed by atoms with Gasteiger partial charge in [0.05, 0.1) is 0 Å². The molecule has 0 saturated carbocycles. The first-order chi connectivity index (χ1) is 17.8. The van der Waals surface area contributed by atoms with Crippen LogP contribution in [0.25, 0.3) is 56.4 Å². The molecular formula is C31H21N5. The van der Waals surface area contributed by atoms with Crippen LogP contribution in [-0.4, -0.2) is 24.9 Å². The monoisotopic (exact) mass is 463 g/mol. The van der Waals surface area contributed by atoms with Gasteiger partial charge in [0.15, 0.2) is 17.5 Å². The predicted molar refractivity (Wildman–Crippen MR) is 143 cm³/mol. The highest BCUT2D eigenvalue weighted by atomic mass is 15.0. The lowest BCUT2D eigenvalue weighted by atomic mass is 9.96. The molecule has 36 heavy (non-hydrogen) atoms. The number of benzene rings is 3. The van der Waals surface area contributed by atoms with Crippen molar-refractivity contribution in [3.8, 4) is 56.4 Å². The van der Waals surface area contributed by atoms with E-state index in [0.717, 1.165) is 38.9 Å². The number of hydrogen-bond acceptors (Lipinski definition) is 5. The smallest absolute Gasteiger partial charge is 0.164 e. The van der Waals surface area contributed by atoms with Crippen molar-refractivity contribution in [2.24, 2.45) is 0 Å². The Bertz CT molecular complexity index is 1360. The van der Waals surface area contributed by atoms with Gasteiger partial charge in [-0.15, -0.1) is 0 Å². The average Bonchev–Trinajstić information content (AvgIpc) is 2.98. The maximum Gasteiger partial charge on any atom is 0.164 e. The molecule has 0 aliphatic heterocycles. The summed E-state index contributed by atoms with van der Waals surface area (Å²) in [7, 11) is 0. The van der Waals surface area contributed by atoms with Crippen LogP contribution in [-0.2, 0) is 0 Å². The summed E-state index contributed by atoms with van der Waals surface area (Å²) in [5.74, 6) is 1.90. The summed E-state index contributed by atoms with van der Waals surface area (Å²) >= 11 is 0. The third-order valence-electron chi connectivity index (χ3n) is 5.92. The van der Waals surface area contributed by atoms with Gasteiger partial charge in [0.1, 0.15) is 0 Å². The van der Waals surface area contributed by atoms with Crippen molar-refractivity contribution in [2.45, 2.75) is 0 Å². The van der Waals surface area contributed by atoms with Crippen LogP contribution in [0.5, 0.6) is 0 Å². The van der Waals surface area contributed by atoms with Crippen LogP contribution >= 0.6 is 0 Å². The third kappa shape index (κ3) is 4.50. The molecule has 6 rings (SSSR count). The Labute approximate surface area is 209 Å².